The van der Waals surface area contributed by atoms with Crippen molar-refractivity contribution < 1.29 is 0 Å². The summed E-state index contributed by atoms with van der Waals surface area (Å²) in [7, 11) is 0. The Hall–Kier alpha value is -1.81. The minimum atomic E-state index is 0.597. The van der Waals surface area contributed by atoms with E-state index in [9.17, 15) is 0 Å². The van der Waals surface area contributed by atoms with Gasteiger partial charge < -0.3 is 11.5 Å². The van der Waals surface area contributed by atoms with Gasteiger partial charge in [0.05, 0.1) is 12.7 Å². The SMILES string of the molecule is Cc1ccccc1Cn1ncc(CCN)c1N. The molecule has 0 amide bonds. The molecule has 1 aromatic heterocycles. The van der Waals surface area contributed by atoms with Crippen molar-refractivity contribution in [2.24, 2.45) is 5.73 Å². The van der Waals surface area contributed by atoms with Crippen molar-refractivity contribution in [3.63, 3.8) is 0 Å². The number of hydrogen-bond donors (Lipinski definition) is 2. The Morgan fingerprint density at radius 3 is 2.71 bits per heavy atom. The zero-order valence-electron chi connectivity index (χ0n) is 10.1. The van der Waals surface area contributed by atoms with Crippen molar-refractivity contribution in [1.82, 2.24) is 9.78 Å². The molecule has 0 bridgehead atoms. The second-order valence-corrected chi connectivity index (χ2v) is 4.18. The average molecular weight is 230 g/mol. The van der Waals surface area contributed by atoms with E-state index in [1.807, 2.05) is 16.8 Å². The third-order valence-corrected chi connectivity index (χ3v) is 2.96. The van der Waals surface area contributed by atoms with E-state index in [4.69, 9.17) is 11.5 Å². The van der Waals surface area contributed by atoms with Crippen LogP contribution in [0.2, 0.25) is 0 Å². The van der Waals surface area contributed by atoms with Gasteiger partial charge in [0, 0.05) is 5.56 Å². The van der Waals surface area contributed by atoms with E-state index in [0.717, 1.165) is 17.8 Å². The van der Waals surface area contributed by atoms with E-state index < -0.39 is 0 Å². The highest BCUT2D eigenvalue weighted by Gasteiger charge is 2.07. The highest BCUT2D eigenvalue weighted by molar-refractivity contribution is 5.40. The Kier molecular flexibility index (Phi) is 3.44. The van der Waals surface area contributed by atoms with E-state index in [1.165, 1.54) is 11.1 Å². The zero-order chi connectivity index (χ0) is 12.3. The monoisotopic (exact) mass is 230 g/mol. The number of hydrogen-bond acceptors (Lipinski definition) is 3. The number of aromatic nitrogens is 2. The number of nitrogen functional groups attached to an aromatic ring is 1. The first kappa shape index (κ1) is 11.7. The summed E-state index contributed by atoms with van der Waals surface area (Å²) in [5.41, 5.74) is 15.1. The number of rotatable bonds is 4. The van der Waals surface area contributed by atoms with Crippen molar-refractivity contribution in [3.8, 4) is 0 Å². The molecule has 17 heavy (non-hydrogen) atoms. The average Bonchev–Trinajstić information content (AvgIpc) is 2.65. The Morgan fingerprint density at radius 1 is 1.24 bits per heavy atom. The van der Waals surface area contributed by atoms with Crippen LogP contribution < -0.4 is 11.5 Å². The van der Waals surface area contributed by atoms with Gasteiger partial charge in [0.25, 0.3) is 0 Å². The third-order valence-electron chi connectivity index (χ3n) is 2.96. The summed E-state index contributed by atoms with van der Waals surface area (Å²) >= 11 is 0. The molecule has 0 aliphatic heterocycles. The molecule has 0 saturated carbocycles. The molecule has 2 rings (SSSR count). The van der Waals surface area contributed by atoms with E-state index in [2.05, 4.69) is 24.2 Å². The molecule has 1 aromatic carbocycles. The molecular formula is C13H18N4. The molecule has 0 spiro atoms. The van der Waals surface area contributed by atoms with Gasteiger partial charge in [-0.15, -0.1) is 0 Å². The van der Waals surface area contributed by atoms with Crippen LogP contribution in [0.25, 0.3) is 0 Å². The minimum Gasteiger partial charge on any atom is -0.384 e. The van der Waals surface area contributed by atoms with Gasteiger partial charge in [-0.05, 0) is 31.0 Å². The van der Waals surface area contributed by atoms with Crippen molar-refractivity contribution >= 4 is 5.82 Å². The molecule has 90 valence electrons. The first-order valence-corrected chi connectivity index (χ1v) is 5.77. The molecule has 0 saturated heterocycles. The molecule has 2 aromatic rings. The molecule has 0 unspecified atom stereocenters. The quantitative estimate of drug-likeness (QED) is 0.832. The van der Waals surface area contributed by atoms with E-state index in [1.54, 1.807) is 6.20 Å². The van der Waals surface area contributed by atoms with Crippen molar-refractivity contribution in [3.05, 3.63) is 47.2 Å². The summed E-state index contributed by atoms with van der Waals surface area (Å²) in [6.07, 6.45) is 2.58. The maximum Gasteiger partial charge on any atom is 0.125 e. The number of anilines is 1. The number of nitrogens with two attached hydrogens (primary N) is 2. The molecular weight excluding hydrogens is 212 g/mol. The Morgan fingerprint density at radius 2 is 2.00 bits per heavy atom. The fraction of sp³-hybridized carbons (Fsp3) is 0.308. The van der Waals surface area contributed by atoms with Crippen LogP contribution in [0, 0.1) is 6.92 Å². The van der Waals surface area contributed by atoms with Crippen molar-refractivity contribution in [2.45, 2.75) is 19.9 Å². The summed E-state index contributed by atoms with van der Waals surface area (Å²) in [5, 5.41) is 4.31. The van der Waals surface area contributed by atoms with Gasteiger partial charge in [0.15, 0.2) is 0 Å². The van der Waals surface area contributed by atoms with Crippen LogP contribution in [-0.4, -0.2) is 16.3 Å². The summed E-state index contributed by atoms with van der Waals surface area (Å²) in [6.45, 7) is 3.40. The molecule has 0 fully saturated rings. The minimum absolute atomic E-state index is 0.597. The van der Waals surface area contributed by atoms with Crippen LogP contribution in [0.5, 0.6) is 0 Å². The second kappa shape index (κ2) is 5.01. The van der Waals surface area contributed by atoms with Gasteiger partial charge in [-0.3, -0.25) is 0 Å². The molecule has 0 aliphatic rings. The van der Waals surface area contributed by atoms with Crippen LogP contribution >= 0.6 is 0 Å². The molecule has 4 nitrogen and oxygen atoms in total. The van der Waals surface area contributed by atoms with Crippen LogP contribution in [0.15, 0.2) is 30.5 Å². The molecule has 4 heteroatoms. The lowest BCUT2D eigenvalue weighted by molar-refractivity contribution is 0.694. The van der Waals surface area contributed by atoms with Gasteiger partial charge >= 0.3 is 0 Å². The van der Waals surface area contributed by atoms with E-state index in [-0.39, 0.29) is 0 Å². The molecule has 0 aliphatic carbocycles. The fourth-order valence-electron chi connectivity index (χ4n) is 1.86. The first-order chi connectivity index (χ1) is 8.22. The maximum atomic E-state index is 6.03. The Balaban J connectivity index is 2.22. The highest BCUT2D eigenvalue weighted by Crippen LogP contribution is 2.15. The van der Waals surface area contributed by atoms with Crippen LogP contribution in [-0.2, 0) is 13.0 Å². The summed E-state index contributed by atoms with van der Waals surface area (Å²) in [6, 6.07) is 8.25. The Bertz CT molecular complexity index is 502. The molecule has 4 N–H and O–H groups in total. The van der Waals surface area contributed by atoms with Crippen LogP contribution in [0.1, 0.15) is 16.7 Å². The number of nitrogens with zero attached hydrogens (tertiary/aromatic N) is 2. The fourth-order valence-corrected chi connectivity index (χ4v) is 1.86. The normalized spacial score (nSPS) is 10.7. The van der Waals surface area contributed by atoms with Gasteiger partial charge in [-0.1, -0.05) is 24.3 Å². The van der Waals surface area contributed by atoms with Crippen LogP contribution in [0.3, 0.4) is 0 Å². The zero-order valence-corrected chi connectivity index (χ0v) is 10.1. The highest BCUT2D eigenvalue weighted by atomic mass is 15.3. The molecule has 0 radical (unpaired) electrons. The third kappa shape index (κ3) is 2.47. The summed E-state index contributed by atoms with van der Waals surface area (Å²) in [5.74, 6) is 0.721. The predicted octanol–water partition coefficient (Wildman–Crippen LogP) is 1.32. The van der Waals surface area contributed by atoms with Crippen molar-refractivity contribution in [2.75, 3.05) is 12.3 Å². The van der Waals surface area contributed by atoms with E-state index in [0.29, 0.717) is 13.1 Å². The van der Waals surface area contributed by atoms with Crippen molar-refractivity contribution in [1.29, 1.82) is 0 Å². The van der Waals surface area contributed by atoms with Crippen LogP contribution in [0.4, 0.5) is 5.82 Å². The number of benzene rings is 1. The topological polar surface area (TPSA) is 69.9 Å². The summed E-state index contributed by atoms with van der Waals surface area (Å²) in [4.78, 5) is 0. The van der Waals surface area contributed by atoms with Gasteiger partial charge in [-0.2, -0.15) is 5.10 Å². The predicted molar refractivity (Wildman–Crippen MR) is 69.7 cm³/mol. The maximum absolute atomic E-state index is 6.03. The lowest BCUT2D eigenvalue weighted by Crippen LogP contribution is -2.09. The lowest BCUT2D eigenvalue weighted by atomic mass is 10.1. The summed E-state index contributed by atoms with van der Waals surface area (Å²) < 4.78 is 1.83. The lowest BCUT2D eigenvalue weighted by Gasteiger charge is -2.07. The molecule has 1 heterocycles. The largest absolute Gasteiger partial charge is 0.384 e. The molecule has 0 atom stereocenters. The van der Waals surface area contributed by atoms with Gasteiger partial charge in [0.1, 0.15) is 5.82 Å². The standard InChI is InChI=1S/C13H18N4/c1-10-4-2-3-5-12(10)9-17-13(15)11(6-7-14)8-16-17/h2-5,8H,6-7,9,14-15H2,1H3. The second-order valence-electron chi connectivity index (χ2n) is 4.18. The number of aryl methyl sites for hydroxylation is 1. The smallest absolute Gasteiger partial charge is 0.125 e. The first-order valence-electron chi connectivity index (χ1n) is 5.77. The van der Waals surface area contributed by atoms with Gasteiger partial charge in [-0.25, -0.2) is 4.68 Å². The van der Waals surface area contributed by atoms with Gasteiger partial charge in [0.2, 0.25) is 0 Å². The van der Waals surface area contributed by atoms with E-state index >= 15 is 0 Å². The Labute approximate surface area is 101 Å².